The molecule has 0 heterocycles. The van der Waals surface area contributed by atoms with Gasteiger partial charge < -0.3 is 9.47 Å². The van der Waals surface area contributed by atoms with Crippen LogP contribution in [0.25, 0.3) is 0 Å². The Morgan fingerprint density at radius 1 is 1.19 bits per heavy atom. The van der Waals surface area contributed by atoms with E-state index in [1.807, 2.05) is 0 Å². The van der Waals surface area contributed by atoms with Crippen molar-refractivity contribution in [1.29, 1.82) is 0 Å². The van der Waals surface area contributed by atoms with Crippen molar-refractivity contribution in [2.75, 3.05) is 7.11 Å². The summed E-state index contributed by atoms with van der Waals surface area (Å²) in [7, 11) is 1.52. The van der Waals surface area contributed by atoms with E-state index in [1.54, 1.807) is 36.4 Å². The Morgan fingerprint density at radius 2 is 1.90 bits per heavy atom. The molecule has 2 rings (SSSR count). The maximum atomic E-state index is 11.9. The molecule has 0 amide bonds. The van der Waals surface area contributed by atoms with Gasteiger partial charge in [-0.3, -0.25) is 10.1 Å². The van der Waals surface area contributed by atoms with Crippen molar-refractivity contribution >= 4 is 11.7 Å². The van der Waals surface area contributed by atoms with Crippen LogP contribution in [0.2, 0.25) is 0 Å². The van der Waals surface area contributed by atoms with E-state index in [9.17, 15) is 14.9 Å². The van der Waals surface area contributed by atoms with Crippen LogP contribution in [0.1, 0.15) is 15.9 Å². The van der Waals surface area contributed by atoms with Gasteiger partial charge in [0, 0.05) is 12.1 Å². The second-order valence-electron chi connectivity index (χ2n) is 4.23. The number of nitrogens with zero attached hydrogens (tertiary/aromatic N) is 1. The number of ether oxygens (including phenoxy) is 2. The maximum absolute atomic E-state index is 11.9. The summed E-state index contributed by atoms with van der Waals surface area (Å²) in [6, 6.07) is 12.5. The molecule has 0 N–H and O–H groups in total. The summed E-state index contributed by atoms with van der Waals surface area (Å²) < 4.78 is 10.2. The average Bonchev–Trinajstić information content (AvgIpc) is 2.53. The van der Waals surface area contributed by atoms with Gasteiger partial charge in [0.05, 0.1) is 17.6 Å². The average molecular weight is 287 g/mol. The summed E-state index contributed by atoms with van der Waals surface area (Å²) in [5, 5.41) is 10.5. The van der Waals surface area contributed by atoms with Gasteiger partial charge in [0.25, 0.3) is 5.69 Å². The van der Waals surface area contributed by atoms with E-state index in [1.165, 1.54) is 19.2 Å². The standard InChI is InChI=1S/C15H13NO5/c1-20-14-4-2-3-12(9-14)15(17)21-10-11-5-7-13(8-6-11)16(18)19/h2-9H,10H2,1H3. The Morgan fingerprint density at radius 3 is 2.52 bits per heavy atom. The van der Waals surface area contributed by atoms with Gasteiger partial charge in [-0.15, -0.1) is 0 Å². The third-order valence-corrected chi connectivity index (χ3v) is 2.82. The lowest BCUT2D eigenvalue weighted by atomic mass is 10.2. The first-order chi connectivity index (χ1) is 10.1. The van der Waals surface area contributed by atoms with Gasteiger partial charge in [-0.1, -0.05) is 6.07 Å². The van der Waals surface area contributed by atoms with Gasteiger partial charge in [-0.2, -0.15) is 0 Å². The van der Waals surface area contributed by atoms with E-state index in [4.69, 9.17) is 9.47 Å². The Bertz CT molecular complexity index is 651. The number of methoxy groups -OCH3 is 1. The Balaban J connectivity index is 1.98. The van der Waals surface area contributed by atoms with Gasteiger partial charge >= 0.3 is 5.97 Å². The fourth-order valence-electron chi connectivity index (χ4n) is 1.70. The molecule has 2 aromatic rings. The predicted octanol–water partition coefficient (Wildman–Crippen LogP) is 2.96. The summed E-state index contributed by atoms with van der Waals surface area (Å²) in [5.41, 5.74) is 1.06. The number of nitro benzene ring substituents is 1. The SMILES string of the molecule is COc1cccc(C(=O)OCc2ccc([N+](=O)[O-])cc2)c1. The van der Waals surface area contributed by atoms with Crippen LogP contribution in [0.3, 0.4) is 0 Å². The van der Waals surface area contributed by atoms with E-state index in [2.05, 4.69) is 0 Å². The Hall–Kier alpha value is -2.89. The molecule has 0 saturated heterocycles. The first kappa shape index (κ1) is 14.5. The summed E-state index contributed by atoms with van der Waals surface area (Å²) in [4.78, 5) is 21.9. The molecular weight excluding hydrogens is 274 g/mol. The van der Waals surface area contributed by atoms with Crippen molar-refractivity contribution < 1.29 is 19.2 Å². The molecule has 0 radical (unpaired) electrons. The maximum Gasteiger partial charge on any atom is 0.338 e. The minimum Gasteiger partial charge on any atom is -0.497 e. The second-order valence-corrected chi connectivity index (χ2v) is 4.23. The van der Waals surface area contributed by atoms with Crippen molar-refractivity contribution in [3.63, 3.8) is 0 Å². The summed E-state index contributed by atoms with van der Waals surface area (Å²) in [6.07, 6.45) is 0. The topological polar surface area (TPSA) is 78.7 Å². The summed E-state index contributed by atoms with van der Waals surface area (Å²) >= 11 is 0. The number of rotatable bonds is 5. The van der Waals surface area contributed by atoms with Crippen LogP contribution in [-0.4, -0.2) is 18.0 Å². The predicted molar refractivity (Wildman–Crippen MR) is 75.2 cm³/mol. The third kappa shape index (κ3) is 3.79. The van der Waals surface area contributed by atoms with Crippen LogP contribution < -0.4 is 4.74 Å². The zero-order valence-corrected chi connectivity index (χ0v) is 11.3. The number of carbonyl (C=O) groups is 1. The minimum atomic E-state index is -0.480. The zero-order valence-electron chi connectivity index (χ0n) is 11.3. The smallest absolute Gasteiger partial charge is 0.338 e. The molecule has 6 heteroatoms. The van der Waals surface area contributed by atoms with Crippen molar-refractivity contribution in [2.45, 2.75) is 6.61 Å². The zero-order chi connectivity index (χ0) is 15.2. The highest BCUT2D eigenvalue weighted by Crippen LogP contribution is 2.15. The molecule has 0 unspecified atom stereocenters. The first-order valence-corrected chi connectivity index (χ1v) is 6.14. The molecule has 21 heavy (non-hydrogen) atoms. The molecular formula is C15H13NO5. The highest BCUT2D eigenvalue weighted by atomic mass is 16.6. The highest BCUT2D eigenvalue weighted by molar-refractivity contribution is 5.89. The van der Waals surface area contributed by atoms with Gasteiger partial charge in [-0.25, -0.2) is 4.79 Å². The van der Waals surface area contributed by atoms with Crippen LogP contribution >= 0.6 is 0 Å². The normalized spacial score (nSPS) is 9.95. The number of carbonyl (C=O) groups excluding carboxylic acids is 1. The van der Waals surface area contributed by atoms with Gasteiger partial charge in [0.2, 0.25) is 0 Å². The van der Waals surface area contributed by atoms with Crippen molar-refractivity contribution in [2.24, 2.45) is 0 Å². The van der Waals surface area contributed by atoms with Crippen LogP contribution in [0, 0.1) is 10.1 Å². The third-order valence-electron chi connectivity index (χ3n) is 2.82. The molecule has 108 valence electrons. The Kier molecular flexibility index (Phi) is 4.50. The summed E-state index contributed by atoms with van der Waals surface area (Å²) in [6.45, 7) is 0.0496. The molecule has 0 bridgehead atoms. The molecule has 0 saturated carbocycles. The lowest BCUT2D eigenvalue weighted by molar-refractivity contribution is -0.384. The molecule has 0 aromatic heterocycles. The number of hydrogen-bond acceptors (Lipinski definition) is 5. The molecule has 6 nitrogen and oxygen atoms in total. The van der Waals surface area contributed by atoms with Crippen LogP contribution in [-0.2, 0) is 11.3 Å². The Labute approximate surface area is 121 Å². The molecule has 2 aromatic carbocycles. The van der Waals surface area contributed by atoms with Crippen LogP contribution in [0.15, 0.2) is 48.5 Å². The fraction of sp³-hybridized carbons (Fsp3) is 0.133. The number of non-ortho nitro benzene ring substituents is 1. The number of benzene rings is 2. The van der Waals surface area contributed by atoms with E-state index in [0.29, 0.717) is 16.9 Å². The molecule has 0 fully saturated rings. The van der Waals surface area contributed by atoms with Crippen molar-refractivity contribution in [3.8, 4) is 5.75 Å². The molecule has 0 aliphatic carbocycles. The van der Waals surface area contributed by atoms with Crippen LogP contribution in [0.4, 0.5) is 5.69 Å². The van der Waals surface area contributed by atoms with Crippen LogP contribution in [0.5, 0.6) is 5.75 Å². The second kappa shape index (κ2) is 6.51. The molecule has 0 atom stereocenters. The van der Waals surface area contributed by atoms with E-state index >= 15 is 0 Å². The number of esters is 1. The molecule has 0 aliphatic heterocycles. The van der Waals surface area contributed by atoms with E-state index < -0.39 is 10.9 Å². The number of nitro groups is 1. The monoisotopic (exact) mass is 287 g/mol. The number of hydrogen-bond donors (Lipinski definition) is 0. The quantitative estimate of drug-likeness (QED) is 0.480. The minimum absolute atomic E-state index is 0.00197. The summed E-state index contributed by atoms with van der Waals surface area (Å²) in [5.74, 6) is 0.0899. The van der Waals surface area contributed by atoms with E-state index in [-0.39, 0.29) is 12.3 Å². The van der Waals surface area contributed by atoms with Gasteiger partial charge in [-0.05, 0) is 35.9 Å². The highest BCUT2D eigenvalue weighted by Gasteiger charge is 2.09. The van der Waals surface area contributed by atoms with Crippen molar-refractivity contribution in [1.82, 2.24) is 0 Å². The van der Waals surface area contributed by atoms with Gasteiger partial charge in [0.15, 0.2) is 0 Å². The molecule has 0 aliphatic rings. The molecule has 0 spiro atoms. The van der Waals surface area contributed by atoms with E-state index in [0.717, 1.165) is 0 Å². The largest absolute Gasteiger partial charge is 0.497 e. The van der Waals surface area contributed by atoms with Gasteiger partial charge in [0.1, 0.15) is 12.4 Å². The fourth-order valence-corrected chi connectivity index (χ4v) is 1.70. The lowest BCUT2D eigenvalue weighted by Gasteiger charge is -2.06. The van der Waals surface area contributed by atoms with Crippen molar-refractivity contribution in [3.05, 3.63) is 69.8 Å². The lowest BCUT2D eigenvalue weighted by Crippen LogP contribution is -2.05. The first-order valence-electron chi connectivity index (χ1n) is 6.14.